The number of rotatable bonds is 1. The number of hydrogen-bond acceptors (Lipinski definition) is 2. The highest BCUT2D eigenvalue weighted by Crippen LogP contribution is 2.32. The minimum absolute atomic E-state index is 0.0422. The van der Waals surface area contributed by atoms with Crippen LogP contribution in [0.5, 0.6) is 0 Å². The van der Waals surface area contributed by atoms with Gasteiger partial charge in [-0.15, -0.1) is 0 Å². The van der Waals surface area contributed by atoms with E-state index in [0.29, 0.717) is 13.1 Å². The number of para-hydroxylation sites is 1. The van der Waals surface area contributed by atoms with Crippen LogP contribution in [0.2, 0.25) is 0 Å². The van der Waals surface area contributed by atoms with E-state index in [1.807, 2.05) is 4.90 Å². The van der Waals surface area contributed by atoms with Crippen molar-refractivity contribution >= 4 is 17.5 Å². The quantitative estimate of drug-likeness (QED) is 0.793. The highest BCUT2D eigenvalue weighted by atomic mass is 16.2. The first-order valence-electron chi connectivity index (χ1n) is 7.73. The zero-order valence-electron chi connectivity index (χ0n) is 12.8. The van der Waals surface area contributed by atoms with Gasteiger partial charge in [0.25, 0.3) is 0 Å². The number of likely N-dealkylation sites (tertiary alicyclic amines) is 1. The van der Waals surface area contributed by atoms with Gasteiger partial charge in [-0.2, -0.15) is 0 Å². The van der Waals surface area contributed by atoms with Crippen LogP contribution in [-0.2, 0) is 16.0 Å². The van der Waals surface area contributed by atoms with Gasteiger partial charge in [0, 0.05) is 32.2 Å². The number of nitrogens with zero attached hydrogens (tertiary/aromatic N) is 2. The molecule has 21 heavy (non-hydrogen) atoms. The molecule has 4 nitrogen and oxygen atoms in total. The first-order chi connectivity index (χ1) is 10.1. The average molecular weight is 286 g/mol. The molecule has 1 unspecified atom stereocenters. The van der Waals surface area contributed by atoms with Crippen LogP contribution in [0.3, 0.4) is 0 Å². The van der Waals surface area contributed by atoms with E-state index >= 15 is 0 Å². The van der Waals surface area contributed by atoms with Gasteiger partial charge in [-0.25, -0.2) is 0 Å². The van der Waals surface area contributed by atoms with E-state index in [0.717, 1.165) is 31.5 Å². The van der Waals surface area contributed by atoms with Crippen LogP contribution in [0.1, 0.15) is 30.9 Å². The second-order valence-electron chi connectivity index (χ2n) is 6.13. The van der Waals surface area contributed by atoms with Crippen LogP contribution < -0.4 is 4.90 Å². The lowest BCUT2D eigenvalue weighted by molar-refractivity contribution is -0.128. The fourth-order valence-corrected chi connectivity index (χ4v) is 3.54. The number of anilines is 1. The summed E-state index contributed by atoms with van der Waals surface area (Å²) in [7, 11) is 0. The molecule has 2 aliphatic heterocycles. The number of aryl methyl sites for hydroxylation is 2. The molecule has 0 aliphatic carbocycles. The summed E-state index contributed by atoms with van der Waals surface area (Å²) in [5.74, 6) is 0.217. The number of benzene rings is 1. The molecular formula is C17H22N2O2. The predicted molar refractivity (Wildman–Crippen MR) is 82.2 cm³/mol. The van der Waals surface area contributed by atoms with Crippen LogP contribution in [0, 0.1) is 12.8 Å². The molecule has 0 bridgehead atoms. The summed E-state index contributed by atoms with van der Waals surface area (Å²) >= 11 is 0. The molecule has 4 heteroatoms. The second kappa shape index (κ2) is 5.51. The monoisotopic (exact) mass is 286 g/mol. The molecule has 2 heterocycles. The Balaban J connectivity index is 1.83. The van der Waals surface area contributed by atoms with E-state index < -0.39 is 0 Å². The Morgan fingerprint density at radius 3 is 2.76 bits per heavy atom. The van der Waals surface area contributed by atoms with Crippen molar-refractivity contribution in [3.63, 3.8) is 0 Å². The van der Waals surface area contributed by atoms with Crippen LogP contribution in [0.4, 0.5) is 5.69 Å². The largest absolute Gasteiger partial charge is 0.342 e. The molecule has 1 aromatic rings. The standard InChI is InChI=1S/C17H22N2O2/c1-12-5-3-6-14-7-4-9-19(16(12)14)17(21)15-8-10-18(11-15)13(2)20/h3,5-6,15H,4,7-11H2,1-2H3. The Hall–Kier alpha value is -1.84. The van der Waals surface area contributed by atoms with Crippen molar-refractivity contribution in [1.29, 1.82) is 0 Å². The van der Waals surface area contributed by atoms with Gasteiger partial charge in [0.05, 0.1) is 5.92 Å². The third-order valence-electron chi connectivity index (χ3n) is 4.67. The molecule has 2 aliphatic rings. The molecule has 0 spiro atoms. The highest BCUT2D eigenvalue weighted by Gasteiger charge is 2.34. The lowest BCUT2D eigenvalue weighted by Crippen LogP contribution is -2.41. The third kappa shape index (κ3) is 2.55. The van der Waals surface area contributed by atoms with Gasteiger partial charge in [0.15, 0.2) is 0 Å². The van der Waals surface area contributed by atoms with E-state index in [1.165, 1.54) is 11.1 Å². The lowest BCUT2D eigenvalue weighted by Gasteiger charge is -2.32. The van der Waals surface area contributed by atoms with Crippen molar-refractivity contribution in [3.05, 3.63) is 29.3 Å². The van der Waals surface area contributed by atoms with Gasteiger partial charge < -0.3 is 9.80 Å². The zero-order valence-corrected chi connectivity index (χ0v) is 12.8. The fourth-order valence-electron chi connectivity index (χ4n) is 3.54. The molecule has 2 amide bonds. The molecule has 1 saturated heterocycles. The van der Waals surface area contributed by atoms with Crippen LogP contribution >= 0.6 is 0 Å². The first-order valence-corrected chi connectivity index (χ1v) is 7.73. The topological polar surface area (TPSA) is 40.6 Å². The molecule has 0 N–H and O–H groups in total. The minimum atomic E-state index is -0.0422. The van der Waals surface area contributed by atoms with Crippen LogP contribution in [-0.4, -0.2) is 36.3 Å². The smallest absolute Gasteiger partial charge is 0.231 e. The molecule has 112 valence electrons. The Morgan fingerprint density at radius 2 is 2.05 bits per heavy atom. The summed E-state index contributed by atoms with van der Waals surface area (Å²) in [6.45, 7) is 5.73. The number of carbonyl (C=O) groups is 2. The molecule has 1 atom stereocenters. The molecule has 0 saturated carbocycles. The maximum atomic E-state index is 12.9. The summed E-state index contributed by atoms with van der Waals surface area (Å²) in [6.07, 6.45) is 2.85. The Labute approximate surface area is 125 Å². The summed E-state index contributed by atoms with van der Waals surface area (Å²) < 4.78 is 0. The number of carbonyl (C=O) groups excluding carboxylic acids is 2. The first kappa shape index (κ1) is 14.1. The van der Waals surface area contributed by atoms with Crippen molar-refractivity contribution in [3.8, 4) is 0 Å². The Kier molecular flexibility index (Phi) is 3.70. The summed E-state index contributed by atoms with van der Waals surface area (Å²) in [5.41, 5.74) is 3.55. The van der Waals surface area contributed by atoms with Crippen molar-refractivity contribution in [2.45, 2.75) is 33.1 Å². The number of amides is 2. The maximum absolute atomic E-state index is 12.9. The summed E-state index contributed by atoms with van der Waals surface area (Å²) in [5, 5.41) is 0. The summed E-state index contributed by atoms with van der Waals surface area (Å²) in [4.78, 5) is 28.1. The molecular weight excluding hydrogens is 264 g/mol. The molecule has 1 aromatic carbocycles. The second-order valence-corrected chi connectivity index (χ2v) is 6.13. The van der Waals surface area contributed by atoms with Crippen molar-refractivity contribution in [2.24, 2.45) is 5.92 Å². The van der Waals surface area contributed by atoms with E-state index in [2.05, 4.69) is 25.1 Å². The van der Waals surface area contributed by atoms with Crippen molar-refractivity contribution in [2.75, 3.05) is 24.5 Å². The maximum Gasteiger partial charge on any atom is 0.231 e. The van der Waals surface area contributed by atoms with Gasteiger partial charge in [-0.05, 0) is 37.3 Å². The minimum Gasteiger partial charge on any atom is -0.342 e. The third-order valence-corrected chi connectivity index (χ3v) is 4.67. The van der Waals surface area contributed by atoms with E-state index in [4.69, 9.17) is 0 Å². The normalized spacial score (nSPS) is 21.3. The predicted octanol–water partition coefficient (Wildman–Crippen LogP) is 2.14. The van der Waals surface area contributed by atoms with Gasteiger partial charge in [-0.3, -0.25) is 9.59 Å². The number of hydrogen-bond donors (Lipinski definition) is 0. The number of fused-ring (bicyclic) bond motifs is 1. The van der Waals surface area contributed by atoms with E-state index in [1.54, 1.807) is 11.8 Å². The molecule has 0 radical (unpaired) electrons. The fraction of sp³-hybridized carbons (Fsp3) is 0.529. The SMILES string of the molecule is CC(=O)N1CCC(C(=O)N2CCCc3cccc(C)c32)C1. The molecule has 3 rings (SSSR count). The van der Waals surface area contributed by atoms with Gasteiger partial charge in [-0.1, -0.05) is 18.2 Å². The van der Waals surface area contributed by atoms with E-state index in [-0.39, 0.29) is 17.7 Å². The molecule has 1 fully saturated rings. The summed E-state index contributed by atoms with van der Waals surface area (Å²) in [6, 6.07) is 6.26. The Morgan fingerprint density at radius 1 is 1.24 bits per heavy atom. The van der Waals surface area contributed by atoms with Gasteiger partial charge in [0.2, 0.25) is 11.8 Å². The van der Waals surface area contributed by atoms with Crippen molar-refractivity contribution in [1.82, 2.24) is 4.90 Å². The van der Waals surface area contributed by atoms with Crippen molar-refractivity contribution < 1.29 is 9.59 Å². The lowest BCUT2D eigenvalue weighted by atomic mass is 9.96. The van der Waals surface area contributed by atoms with Gasteiger partial charge in [0.1, 0.15) is 0 Å². The van der Waals surface area contributed by atoms with Gasteiger partial charge >= 0.3 is 0 Å². The molecule has 0 aromatic heterocycles. The van der Waals surface area contributed by atoms with E-state index in [9.17, 15) is 9.59 Å². The Bertz CT molecular complexity index is 582. The highest BCUT2D eigenvalue weighted by molar-refractivity contribution is 5.97. The van der Waals surface area contributed by atoms with Crippen LogP contribution in [0.25, 0.3) is 0 Å². The average Bonchev–Trinajstić information content (AvgIpc) is 2.96. The zero-order chi connectivity index (χ0) is 15.0. The van der Waals surface area contributed by atoms with Crippen LogP contribution in [0.15, 0.2) is 18.2 Å².